The summed E-state index contributed by atoms with van der Waals surface area (Å²) in [6.45, 7) is 3.51. The molecule has 160 valence electrons. The Balaban J connectivity index is 2.57. The minimum Gasteiger partial charge on any atom is -0.481 e. The number of rotatable bonds is 14. The van der Waals surface area contributed by atoms with E-state index in [1.165, 1.54) is 6.92 Å². The third-order valence-corrected chi connectivity index (χ3v) is 5.35. The van der Waals surface area contributed by atoms with Crippen LogP contribution in [0.2, 0.25) is 0 Å². The van der Waals surface area contributed by atoms with Crippen molar-refractivity contribution < 1.29 is 29.3 Å². The van der Waals surface area contributed by atoms with E-state index in [9.17, 15) is 19.5 Å². The molecule has 6 nitrogen and oxygen atoms in total. The third-order valence-electron chi connectivity index (χ3n) is 5.35. The Labute approximate surface area is 168 Å². The van der Waals surface area contributed by atoms with Crippen molar-refractivity contribution in [2.24, 2.45) is 11.8 Å². The lowest BCUT2D eigenvalue weighted by Crippen LogP contribution is -2.20. The normalized spacial score (nSPS) is 23.2. The van der Waals surface area contributed by atoms with Crippen LogP contribution in [-0.4, -0.2) is 40.1 Å². The summed E-state index contributed by atoms with van der Waals surface area (Å²) < 4.78 is 5.36. The summed E-state index contributed by atoms with van der Waals surface area (Å²) >= 11 is 0. The highest BCUT2D eigenvalue weighted by molar-refractivity contribution is 5.84. The minimum atomic E-state index is -0.777. The Morgan fingerprint density at radius 2 is 1.89 bits per heavy atom. The number of ether oxygens (including phenoxy) is 1. The van der Waals surface area contributed by atoms with Crippen LogP contribution in [0.3, 0.4) is 0 Å². The molecule has 1 fully saturated rings. The van der Waals surface area contributed by atoms with Crippen molar-refractivity contribution in [3.8, 4) is 0 Å². The van der Waals surface area contributed by atoms with Crippen molar-refractivity contribution in [2.45, 2.75) is 96.7 Å². The number of Topliss-reactive ketones (excluding diaryl/α,β-unsaturated/α-hetero) is 1. The second-order valence-corrected chi connectivity index (χ2v) is 7.80. The van der Waals surface area contributed by atoms with Gasteiger partial charge in [0, 0.05) is 31.6 Å². The molecule has 0 saturated heterocycles. The number of aliphatic hydroxyl groups excluding tert-OH is 1. The molecule has 0 radical (unpaired) electrons. The van der Waals surface area contributed by atoms with Gasteiger partial charge in [0.1, 0.15) is 11.9 Å². The number of carboxylic acids is 1. The van der Waals surface area contributed by atoms with E-state index in [-0.39, 0.29) is 42.5 Å². The third kappa shape index (κ3) is 9.49. The van der Waals surface area contributed by atoms with E-state index in [1.807, 2.05) is 12.2 Å². The quantitative estimate of drug-likeness (QED) is 0.261. The van der Waals surface area contributed by atoms with Gasteiger partial charge in [-0.1, -0.05) is 45.1 Å². The van der Waals surface area contributed by atoms with Crippen molar-refractivity contribution in [2.75, 3.05) is 0 Å². The van der Waals surface area contributed by atoms with E-state index in [2.05, 4.69) is 6.92 Å². The number of aliphatic carboxylic acids is 1. The number of ketones is 1. The van der Waals surface area contributed by atoms with Crippen molar-refractivity contribution in [1.82, 2.24) is 0 Å². The molecule has 0 amide bonds. The molecule has 6 heteroatoms. The number of hydrogen-bond acceptors (Lipinski definition) is 5. The maximum Gasteiger partial charge on any atom is 0.303 e. The number of aliphatic hydroxyl groups is 1. The van der Waals surface area contributed by atoms with Crippen LogP contribution in [0.4, 0.5) is 0 Å². The van der Waals surface area contributed by atoms with Gasteiger partial charge >= 0.3 is 11.9 Å². The van der Waals surface area contributed by atoms with E-state index >= 15 is 0 Å². The minimum absolute atomic E-state index is 0.0858. The smallest absolute Gasteiger partial charge is 0.303 e. The fourth-order valence-corrected chi connectivity index (χ4v) is 3.84. The summed E-state index contributed by atoms with van der Waals surface area (Å²) in [5, 5.41) is 19.0. The van der Waals surface area contributed by atoms with Crippen molar-refractivity contribution in [3.05, 3.63) is 12.2 Å². The number of esters is 1. The fraction of sp³-hybridized carbons (Fsp3) is 0.773. The summed E-state index contributed by atoms with van der Waals surface area (Å²) in [5.74, 6) is -1.47. The van der Waals surface area contributed by atoms with Gasteiger partial charge < -0.3 is 14.9 Å². The van der Waals surface area contributed by atoms with Crippen LogP contribution < -0.4 is 0 Å². The number of hydrogen-bond donors (Lipinski definition) is 2. The first-order valence-corrected chi connectivity index (χ1v) is 10.6. The molecule has 4 atom stereocenters. The summed E-state index contributed by atoms with van der Waals surface area (Å²) in [4.78, 5) is 34.1. The largest absolute Gasteiger partial charge is 0.481 e. The number of unbranched alkanes of at least 4 members (excludes halogenated alkanes) is 5. The SMILES string of the molecule is CCCCC[C@@H](/C=C/[C@H]1[C@H](O)CC(=O)[C@@H]1CCCCCCC(=O)O)OC(C)=O. The second-order valence-electron chi connectivity index (χ2n) is 7.80. The van der Waals surface area contributed by atoms with Gasteiger partial charge in [0.05, 0.1) is 6.10 Å². The molecule has 0 spiro atoms. The average molecular weight is 397 g/mol. The molecule has 0 unspecified atom stereocenters. The highest BCUT2D eigenvalue weighted by atomic mass is 16.5. The lowest BCUT2D eigenvalue weighted by molar-refractivity contribution is -0.144. The van der Waals surface area contributed by atoms with Gasteiger partial charge in [-0.3, -0.25) is 14.4 Å². The molecule has 1 aliphatic rings. The fourth-order valence-electron chi connectivity index (χ4n) is 3.84. The first-order chi connectivity index (χ1) is 13.3. The highest BCUT2D eigenvalue weighted by Gasteiger charge is 2.39. The van der Waals surface area contributed by atoms with E-state index in [0.29, 0.717) is 12.8 Å². The first-order valence-electron chi connectivity index (χ1n) is 10.6. The predicted octanol–water partition coefficient (Wildman–Crippen LogP) is 4.05. The molecule has 0 aromatic rings. The molecule has 28 heavy (non-hydrogen) atoms. The summed E-state index contributed by atoms with van der Waals surface area (Å²) in [6, 6.07) is 0. The van der Waals surface area contributed by atoms with E-state index in [0.717, 1.165) is 44.9 Å². The number of carbonyl (C=O) groups excluding carboxylic acids is 2. The summed E-state index contributed by atoms with van der Waals surface area (Å²) in [7, 11) is 0. The molecule has 2 N–H and O–H groups in total. The molecule has 1 aliphatic carbocycles. The Kier molecular flexibility index (Phi) is 11.7. The zero-order valence-corrected chi connectivity index (χ0v) is 17.3. The van der Waals surface area contributed by atoms with Crippen LogP contribution in [0.1, 0.15) is 84.5 Å². The van der Waals surface area contributed by atoms with Gasteiger partial charge in [0.25, 0.3) is 0 Å². The molecule has 0 heterocycles. The Morgan fingerprint density at radius 3 is 2.54 bits per heavy atom. The van der Waals surface area contributed by atoms with Gasteiger partial charge in [-0.2, -0.15) is 0 Å². The molecular formula is C22H36O6. The predicted molar refractivity (Wildman–Crippen MR) is 107 cm³/mol. The van der Waals surface area contributed by atoms with Crippen molar-refractivity contribution >= 4 is 17.7 Å². The monoisotopic (exact) mass is 396 g/mol. The maximum atomic E-state index is 12.3. The van der Waals surface area contributed by atoms with Gasteiger partial charge in [-0.15, -0.1) is 0 Å². The van der Waals surface area contributed by atoms with Crippen molar-refractivity contribution in [1.29, 1.82) is 0 Å². The Bertz CT molecular complexity index is 527. The molecule has 0 aromatic carbocycles. The van der Waals surface area contributed by atoms with Crippen LogP contribution in [0.15, 0.2) is 12.2 Å². The van der Waals surface area contributed by atoms with Gasteiger partial charge in [0.15, 0.2) is 0 Å². The van der Waals surface area contributed by atoms with Crippen LogP contribution in [0.5, 0.6) is 0 Å². The zero-order chi connectivity index (χ0) is 20.9. The standard InChI is InChI=1S/C22H36O6/c1-3-4-7-10-17(28-16(2)23)13-14-19-18(20(24)15-21(19)25)11-8-5-6-9-12-22(26)27/h13-14,17-19,21,25H,3-12,15H2,1-2H3,(H,26,27)/b14-13+/t17-,18+,19+,21+/m0/s1. The lowest BCUT2D eigenvalue weighted by atomic mass is 9.88. The van der Waals surface area contributed by atoms with E-state index < -0.39 is 12.1 Å². The summed E-state index contributed by atoms with van der Waals surface area (Å²) in [5.41, 5.74) is 0. The molecule has 0 bridgehead atoms. The molecule has 1 rings (SSSR count). The molecule has 1 saturated carbocycles. The molecular weight excluding hydrogens is 360 g/mol. The van der Waals surface area contributed by atoms with Crippen LogP contribution in [0, 0.1) is 11.8 Å². The number of carbonyl (C=O) groups is 3. The number of carboxylic acid groups (broad SMARTS) is 1. The van der Waals surface area contributed by atoms with E-state index in [4.69, 9.17) is 9.84 Å². The van der Waals surface area contributed by atoms with Crippen LogP contribution in [-0.2, 0) is 19.1 Å². The second kappa shape index (κ2) is 13.5. The van der Waals surface area contributed by atoms with Crippen molar-refractivity contribution in [3.63, 3.8) is 0 Å². The first kappa shape index (κ1) is 24.3. The molecule has 0 aliphatic heterocycles. The van der Waals surface area contributed by atoms with Gasteiger partial charge in [0.2, 0.25) is 0 Å². The Hall–Kier alpha value is -1.69. The molecule has 0 aromatic heterocycles. The maximum absolute atomic E-state index is 12.3. The Morgan fingerprint density at radius 1 is 1.18 bits per heavy atom. The van der Waals surface area contributed by atoms with Gasteiger partial charge in [-0.25, -0.2) is 0 Å². The summed E-state index contributed by atoms with van der Waals surface area (Å²) in [6.07, 6.45) is 10.8. The lowest BCUT2D eigenvalue weighted by Gasteiger charge is -2.19. The topological polar surface area (TPSA) is 101 Å². The van der Waals surface area contributed by atoms with Crippen LogP contribution >= 0.6 is 0 Å². The zero-order valence-electron chi connectivity index (χ0n) is 17.3. The van der Waals surface area contributed by atoms with Crippen LogP contribution in [0.25, 0.3) is 0 Å². The highest BCUT2D eigenvalue weighted by Crippen LogP contribution is 2.34. The van der Waals surface area contributed by atoms with E-state index in [1.54, 1.807) is 0 Å². The van der Waals surface area contributed by atoms with Gasteiger partial charge in [-0.05, 0) is 31.8 Å². The average Bonchev–Trinajstić information content (AvgIpc) is 2.88.